The number of amides is 1. The number of benzene rings is 3. The van der Waals surface area contributed by atoms with Crippen LogP contribution in [0.3, 0.4) is 0 Å². The van der Waals surface area contributed by atoms with E-state index in [0.29, 0.717) is 22.0 Å². The third-order valence-electron chi connectivity index (χ3n) is 4.87. The smallest absolute Gasteiger partial charge is 0.347 e. The van der Waals surface area contributed by atoms with Crippen molar-refractivity contribution in [2.24, 2.45) is 0 Å². The van der Waals surface area contributed by atoms with Crippen LogP contribution in [-0.4, -0.2) is 15.7 Å². The lowest BCUT2D eigenvalue weighted by atomic mass is 10.1. The van der Waals surface area contributed by atoms with E-state index < -0.39 is 23.5 Å². The Kier molecular flexibility index (Phi) is 6.20. The molecule has 9 heteroatoms. The van der Waals surface area contributed by atoms with Gasteiger partial charge >= 0.3 is 6.18 Å². The van der Waals surface area contributed by atoms with Gasteiger partial charge in [-0.1, -0.05) is 41.9 Å². The first-order valence-corrected chi connectivity index (χ1v) is 10.2. The summed E-state index contributed by atoms with van der Waals surface area (Å²) in [6.45, 7) is -0.126. The summed E-state index contributed by atoms with van der Waals surface area (Å²) in [6.07, 6.45) is -4.48. The van der Waals surface area contributed by atoms with E-state index in [2.05, 4.69) is 10.4 Å². The molecule has 1 aromatic heterocycles. The summed E-state index contributed by atoms with van der Waals surface area (Å²) in [7, 11) is 0. The summed E-state index contributed by atoms with van der Waals surface area (Å²) in [5, 5.41) is 7.51. The zero-order chi connectivity index (χ0) is 23.6. The molecule has 0 atom stereocenters. The zero-order valence-electron chi connectivity index (χ0n) is 16.9. The van der Waals surface area contributed by atoms with Crippen LogP contribution in [0.5, 0.6) is 0 Å². The van der Waals surface area contributed by atoms with Crippen molar-refractivity contribution in [3.63, 3.8) is 0 Å². The number of carbonyl (C=O) groups is 1. The normalized spacial score (nSPS) is 11.4. The SMILES string of the molecule is O=C(NCc1cccc(C(F)(F)F)c1)c1cc(-c2ccccc2Cl)nn1-c1ccc(F)cc1. The highest BCUT2D eigenvalue weighted by Crippen LogP contribution is 2.30. The molecule has 4 aromatic rings. The van der Waals surface area contributed by atoms with Crippen molar-refractivity contribution in [1.29, 1.82) is 0 Å². The first kappa shape index (κ1) is 22.5. The fourth-order valence-electron chi connectivity index (χ4n) is 3.25. The van der Waals surface area contributed by atoms with Gasteiger partial charge in [0.1, 0.15) is 11.5 Å². The summed E-state index contributed by atoms with van der Waals surface area (Å²) in [6, 6.07) is 18.6. The number of carbonyl (C=O) groups excluding carboxylic acids is 1. The fraction of sp³-hybridized carbons (Fsp3) is 0.0833. The van der Waals surface area contributed by atoms with Crippen LogP contribution < -0.4 is 5.32 Å². The Balaban J connectivity index is 1.66. The van der Waals surface area contributed by atoms with Crippen LogP contribution in [-0.2, 0) is 12.7 Å². The molecule has 33 heavy (non-hydrogen) atoms. The third-order valence-corrected chi connectivity index (χ3v) is 5.20. The number of nitrogens with zero attached hydrogens (tertiary/aromatic N) is 2. The molecule has 1 N–H and O–H groups in total. The van der Waals surface area contributed by atoms with Crippen molar-refractivity contribution in [2.45, 2.75) is 12.7 Å². The quantitative estimate of drug-likeness (QED) is 0.347. The van der Waals surface area contributed by atoms with Gasteiger partial charge in [0.05, 0.1) is 22.0 Å². The molecule has 0 bridgehead atoms. The van der Waals surface area contributed by atoms with Gasteiger partial charge in [0.2, 0.25) is 0 Å². The van der Waals surface area contributed by atoms with Gasteiger partial charge in [0.15, 0.2) is 0 Å². The van der Waals surface area contributed by atoms with E-state index in [1.807, 2.05) is 0 Å². The predicted molar refractivity (Wildman–Crippen MR) is 117 cm³/mol. The van der Waals surface area contributed by atoms with E-state index in [1.165, 1.54) is 47.1 Å². The minimum absolute atomic E-state index is 0.114. The molecule has 0 radical (unpaired) electrons. The van der Waals surface area contributed by atoms with Gasteiger partial charge in [0, 0.05) is 12.1 Å². The van der Waals surface area contributed by atoms with Crippen LogP contribution >= 0.6 is 11.6 Å². The summed E-state index contributed by atoms with van der Waals surface area (Å²) in [5.74, 6) is -1.02. The van der Waals surface area contributed by atoms with Crippen LogP contribution in [0.2, 0.25) is 5.02 Å². The molecule has 0 aliphatic heterocycles. The fourth-order valence-corrected chi connectivity index (χ4v) is 3.49. The minimum Gasteiger partial charge on any atom is -0.347 e. The highest BCUT2D eigenvalue weighted by molar-refractivity contribution is 6.33. The molecule has 0 saturated carbocycles. The Morgan fingerprint density at radius 1 is 0.970 bits per heavy atom. The van der Waals surface area contributed by atoms with Crippen LogP contribution in [0.1, 0.15) is 21.6 Å². The van der Waals surface area contributed by atoms with Crippen molar-refractivity contribution < 1.29 is 22.4 Å². The monoisotopic (exact) mass is 473 g/mol. The second-order valence-electron chi connectivity index (χ2n) is 7.16. The maximum Gasteiger partial charge on any atom is 0.416 e. The van der Waals surface area contributed by atoms with Crippen LogP contribution in [0.15, 0.2) is 78.9 Å². The lowest BCUT2D eigenvalue weighted by Crippen LogP contribution is -2.25. The van der Waals surface area contributed by atoms with Gasteiger partial charge in [-0.2, -0.15) is 18.3 Å². The molecule has 3 aromatic carbocycles. The number of hydrogen-bond acceptors (Lipinski definition) is 2. The molecule has 4 nitrogen and oxygen atoms in total. The molecule has 1 amide bonds. The Morgan fingerprint density at radius 3 is 2.39 bits per heavy atom. The van der Waals surface area contributed by atoms with Gasteiger partial charge in [-0.25, -0.2) is 9.07 Å². The second-order valence-corrected chi connectivity index (χ2v) is 7.57. The van der Waals surface area contributed by atoms with E-state index in [0.717, 1.165) is 12.1 Å². The van der Waals surface area contributed by atoms with Gasteiger partial charge < -0.3 is 5.32 Å². The maximum atomic E-state index is 13.4. The Hall–Kier alpha value is -3.65. The van der Waals surface area contributed by atoms with Crippen LogP contribution in [0.4, 0.5) is 17.6 Å². The number of halogens is 5. The van der Waals surface area contributed by atoms with Crippen LogP contribution in [0, 0.1) is 5.82 Å². The van der Waals surface area contributed by atoms with E-state index in [-0.39, 0.29) is 17.8 Å². The molecule has 1 heterocycles. The Morgan fingerprint density at radius 2 is 1.70 bits per heavy atom. The number of hydrogen-bond donors (Lipinski definition) is 1. The van der Waals surface area contributed by atoms with Gasteiger partial charge in [-0.05, 0) is 54.1 Å². The van der Waals surface area contributed by atoms with Crippen molar-refractivity contribution in [3.8, 4) is 16.9 Å². The molecule has 168 valence electrons. The summed E-state index contributed by atoms with van der Waals surface area (Å²) in [4.78, 5) is 13.0. The molecule has 0 aliphatic rings. The average Bonchev–Trinajstić information content (AvgIpc) is 3.23. The number of nitrogens with one attached hydrogen (secondary N) is 1. The molecule has 4 rings (SSSR count). The van der Waals surface area contributed by atoms with E-state index in [9.17, 15) is 22.4 Å². The minimum atomic E-state index is -4.48. The van der Waals surface area contributed by atoms with Crippen LogP contribution in [0.25, 0.3) is 16.9 Å². The standard InChI is InChI=1S/C24H16ClF4N3O/c25-20-7-2-1-6-19(20)21-13-22(32(31-21)18-10-8-17(26)9-11-18)23(33)30-14-15-4-3-5-16(12-15)24(27,28)29/h1-13H,14H2,(H,30,33). The van der Waals surface area contributed by atoms with Crippen molar-refractivity contribution in [3.05, 3.63) is 107 Å². The third kappa shape index (κ3) is 5.06. The lowest BCUT2D eigenvalue weighted by Gasteiger charge is -2.10. The molecule has 0 spiro atoms. The zero-order valence-corrected chi connectivity index (χ0v) is 17.7. The van der Waals surface area contributed by atoms with E-state index in [1.54, 1.807) is 24.3 Å². The first-order chi connectivity index (χ1) is 15.7. The van der Waals surface area contributed by atoms with Crippen molar-refractivity contribution >= 4 is 17.5 Å². The van der Waals surface area contributed by atoms with Crippen molar-refractivity contribution in [2.75, 3.05) is 0 Å². The molecular weight excluding hydrogens is 458 g/mol. The Labute approximate surface area is 191 Å². The summed E-state index contributed by atoms with van der Waals surface area (Å²) < 4.78 is 53.6. The average molecular weight is 474 g/mol. The van der Waals surface area contributed by atoms with Gasteiger partial charge in [-0.15, -0.1) is 0 Å². The van der Waals surface area contributed by atoms with E-state index in [4.69, 9.17) is 11.6 Å². The number of alkyl halides is 3. The van der Waals surface area contributed by atoms with Gasteiger partial charge in [-0.3, -0.25) is 4.79 Å². The van der Waals surface area contributed by atoms with E-state index >= 15 is 0 Å². The summed E-state index contributed by atoms with van der Waals surface area (Å²) >= 11 is 6.27. The molecule has 0 aliphatic carbocycles. The molecule has 0 unspecified atom stereocenters. The highest BCUT2D eigenvalue weighted by Gasteiger charge is 2.30. The molecular formula is C24H16ClF4N3O. The number of aromatic nitrogens is 2. The Bertz CT molecular complexity index is 1300. The topological polar surface area (TPSA) is 46.9 Å². The highest BCUT2D eigenvalue weighted by atomic mass is 35.5. The predicted octanol–water partition coefficient (Wildman–Crippen LogP) is 6.28. The summed E-state index contributed by atoms with van der Waals surface area (Å²) in [5.41, 5.74) is 1.03. The lowest BCUT2D eigenvalue weighted by molar-refractivity contribution is -0.137. The molecule has 0 fully saturated rings. The number of rotatable bonds is 5. The first-order valence-electron chi connectivity index (χ1n) is 9.77. The largest absolute Gasteiger partial charge is 0.416 e. The molecule has 0 saturated heterocycles. The van der Waals surface area contributed by atoms with Gasteiger partial charge in [0.25, 0.3) is 5.91 Å². The second kappa shape index (κ2) is 9.07. The maximum absolute atomic E-state index is 13.4. The van der Waals surface area contributed by atoms with Crippen molar-refractivity contribution in [1.82, 2.24) is 15.1 Å².